The predicted molar refractivity (Wildman–Crippen MR) is 131 cm³/mol. The quantitative estimate of drug-likeness (QED) is 0.487. The fraction of sp³-hybridized carbons (Fsp3) is 0.500. The summed E-state index contributed by atoms with van der Waals surface area (Å²) in [4.78, 5) is 25.5. The van der Waals surface area contributed by atoms with Gasteiger partial charge in [-0.15, -0.1) is 0 Å². The number of aromatic nitrogens is 2. The summed E-state index contributed by atoms with van der Waals surface area (Å²) in [5, 5.41) is 3.14. The van der Waals surface area contributed by atoms with Crippen molar-refractivity contribution < 1.29 is 4.79 Å². The number of carbonyl (C=O) groups excluding carboxylic acids is 1. The smallest absolute Gasteiger partial charge is 0.271 e. The number of nitrogen functional groups attached to an aromatic ring is 1. The van der Waals surface area contributed by atoms with E-state index in [1.54, 1.807) is 0 Å². The van der Waals surface area contributed by atoms with Gasteiger partial charge in [0, 0.05) is 56.7 Å². The molecule has 1 amide bonds. The van der Waals surface area contributed by atoms with Crippen molar-refractivity contribution in [2.75, 3.05) is 55.2 Å². The second kappa shape index (κ2) is 9.93. The van der Waals surface area contributed by atoms with Gasteiger partial charge in [0.15, 0.2) is 11.5 Å². The van der Waals surface area contributed by atoms with Crippen molar-refractivity contribution in [3.8, 4) is 0 Å². The zero-order chi connectivity index (χ0) is 22.7. The first-order valence-electron chi connectivity index (χ1n) is 11.2. The van der Waals surface area contributed by atoms with Gasteiger partial charge in [-0.05, 0) is 43.5 Å². The van der Waals surface area contributed by atoms with Gasteiger partial charge >= 0.3 is 0 Å². The number of thiol groups is 1. The van der Waals surface area contributed by atoms with Crippen LogP contribution in [0.4, 0.5) is 23.0 Å². The van der Waals surface area contributed by atoms with Crippen molar-refractivity contribution in [3.63, 3.8) is 0 Å². The van der Waals surface area contributed by atoms with Crippen LogP contribution in [0.5, 0.6) is 0 Å². The Morgan fingerprint density at radius 2 is 1.75 bits per heavy atom. The van der Waals surface area contributed by atoms with Crippen LogP contribution in [-0.2, 0) is 6.42 Å². The molecule has 2 aromatic rings. The van der Waals surface area contributed by atoms with E-state index in [-0.39, 0.29) is 11.5 Å². The van der Waals surface area contributed by atoms with E-state index in [9.17, 15) is 4.79 Å². The first-order chi connectivity index (χ1) is 15.4. The number of piperazine rings is 1. The maximum atomic E-state index is 11.8. The van der Waals surface area contributed by atoms with Gasteiger partial charge in [0.2, 0.25) is 0 Å². The zero-order valence-corrected chi connectivity index (χ0v) is 19.4. The van der Waals surface area contributed by atoms with Crippen LogP contribution in [0.1, 0.15) is 35.9 Å². The van der Waals surface area contributed by atoms with E-state index in [0.717, 1.165) is 45.0 Å². The number of benzene rings is 1. The molecule has 172 valence electrons. The van der Waals surface area contributed by atoms with Gasteiger partial charge in [0.05, 0.1) is 5.69 Å². The molecule has 0 unspecified atom stereocenters. The molecule has 5 N–H and O–H groups in total. The largest absolute Gasteiger partial charge is 0.382 e. The van der Waals surface area contributed by atoms with Gasteiger partial charge in [-0.1, -0.05) is 19.7 Å². The van der Waals surface area contributed by atoms with Crippen molar-refractivity contribution in [1.82, 2.24) is 19.2 Å². The molecule has 0 radical (unpaired) electrons. The maximum Gasteiger partial charge on any atom is 0.271 e. The minimum absolute atomic E-state index is 0.0981. The summed E-state index contributed by atoms with van der Waals surface area (Å²) in [5.41, 5.74) is 14.1. The number of nitrogens with zero attached hydrogens (tertiary/aromatic N) is 5. The monoisotopic (exact) mass is 456 g/mol. The molecule has 2 aliphatic heterocycles. The predicted octanol–water partition coefficient (Wildman–Crippen LogP) is 1.89. The van der Waals surface area contributed by atoms with E-state index in [4.69, 9.17) is 11.5 Å². The number of aryl methyl sites for hydroxylation is 1. The molecule has 2 fully saturated rings. The molecule has 0 bridgehead atoms. The highest BCUT2D eigenvalue weighted by molar-refractivity contribution is 7.77. The second-order valence-electron chi connectivity index (χ2n) is 8.35. The fourth-order valence-electron chi connectivity index (χ4n) is 4.46. The van der Waals surface area contributed by atoms with E-state index >= 15 is 0 Å². The molecular weight excluding hydrogens is 424 g/mol. The third kappa shape index (κ3) is 5.08. The summed E-state index contributed by atoms with van der Waals surface area (Å²) >= 11 is 4.45. The normalized spacial score (nSPS) is 18.6. The van der Waals surface area contributed by atoms with Crippen LogP contribution in [-0.4, -0.2) is 70.4 Å². The van der Waals surface area contributed by atoms with Crippen LogP contribution in [0, 0.1) is 0 Å². The Morgan fingerprint density at radius 1 is 1.09 bits per heavy atom. The number of nitrogens with one attached hydrogen (secondary N) is 1. The summed E-state index contributed by atoms with van der Waals surface area (Å²) in [7, 11) is 0. The molecular formula is C22H32N8OS. The molecule has 1 aromatic carbocycles. The molecule has 2 aliphatic rings. The minimum atomic E-state index is -0.634. The topological polar surface area (TPSA) is 117 Å². The van der Waals surface area contributed by atoms with Gasteiger partial charge in [-0.2, -0.15) is 0 Å². The summed E-state index contributed by atoms with van der Waals surface area (Å²) in [6.45, 7) is 8.28. The highest BCUT2D eigenvalue weighted by Gasteiger charge is 2.27. The van der Waals surface area contributed by atoms with Crippen LogP contribution in [0.2, 0.25) is 0 Å². The van der Waals surface area contributed by atoms with Gasteiger partial charge in [-0.3, -0.25) is 14.0 Å². The molecule has 9 nitrogen and oxygen atoms in total. The molecule has 3 heterocycles. The highest BCUT2D eigenvalue weighted by Crippen LogP contribution is 2.27. The number of primary amides is 1. The maximum absolute atomic E-state index is 11.8. The van der Waals surface area contributed by atoms with Crippen molar-refractivity contribution in [2.24, 2.45) is 5.73 Å². The van der Waals surface area contributed by atoms with E-state index < -0.39 is 5.91 Å². The summed E-state index contributed by atoms with van der Waals surface area (Å²) in [6.07, 6.45) is 2.93. The molecule has 32 heavy (non-hydrogen) atoms. The lowest BCUT2D eigenvalue weighted by molar-refractivity contribution is 0.0996. The Morgan fingerprint density at radius 3 is 2.34 bits per heavy atom. The molecule has 2 saturated heterocycles. The Balaban J connectivity index is 1.38. The summed E-state index contributed by atoms with van der Waals surface area (Å²) in [5.74, 6) is -0.0534. The Hall–Kier alpha value is -2.56. The van der Waals surface area contributed by atoms with Crippen LogP contribution >= 0.6 is 12.8 Å². The standard InChI is InChI=1S/C22H32N8OS/c1-2-18-20(23)27-22(19(26-18)21(24)31)25-15-3-5-16(6-4-15)28-9-7-17(8-10-28)29-11-13-30(32)14-12-29/h3-6,17,32H,2,7-14H2,1H3,(H2,24,31)(H3,23,25,27). The third-order valence-corrected chi connectivity index (χ3v) is 6.73. The Bertz CT molecular complexity index is 938. The van der Waals surface area contributed by atoms with Crippen molar-refractivity contribution in [1.29, 1.82) is 0 Å². The van der Waals surface area contributed by atoms with Crippen molar-refractivity contribution >= 4 is 41.7 Å². The lowest BCUT2D eigenvalue weighted by atomic mass is 10.0. The SMILES string of the molecule is CCc1nc(C(N)=O)c(Nc2ccc(N3CCC(N4CCN(S)CC4)CC3)cc2)nc1N. The van der Waals surface area contributed by atoms with Crippen molar-refractivity contribution in [2.45, 2.75) is 32.2 Å². The number of piperidine rings is 1. The molecule has 0 saturated carbocycles. The van der Waals surface area contributed by atoms with Gasteiger partial charge < -0.3 is 21.7 Å². The second-order valence-corrected chi connectivity index (χ2v) is 8.92. The minimum Gasteiger partial charge on any atom is -0.382 e. The van der Waals surface area contributed by atoms with E-state index in [1.165, 1.54) is 18.5 Å². The number of hydrogen-bond acceptors (Lipinski definition) is 9. The number of hydrogen-bond donors (Lipinski definition) is 4. The average Bonchev–Trinajstić information content (AvgIpc) is 2.80. The van der Waals surface area contributed by atoms with Crippen LogP contribution in [0.25, 0.3) is 0 Å². The van der Waals surface area contributed by atoms with Crippen LogP contribution < -0.4 is 21.7 Å². The Kier molecular flexibility index (Phi) is 7.02. The lowest BCUT2D eigenvalue weighted by Gasteiger charge is -2.42. The summed E-state index contributed by atoms with van der Waals surface area (Å²) < 4.78 is 2.10. The molecule has 1 aromatic heterocycles. The first-order valence-corrected chi connectivity index (χ1v) is 11.6. The number of carbonyl (C=O) groups is 1. The molecule has 4 rings (SSSR count). The Labute approximate surface area is 194 Å². The van der Waals surface area contributed by atoms with E-state index in [0.29, 0.717) is 24.0 Å². The zero-order valence-electron chi connectivity index (χ0n) is 18.5. The lowest BCUT2D eigenvalue weighted by Crippen LogP contribution is -2.51. The average molecular weight is 457 g/mol. The first kappa shape index (κ1) is 22.6. The fourth-order valence-corrected chi connectivity index (χ4v) is 4.64. The summed E-state index contributed by atoms with van der Waals surface area (Å²) in [6, 6.07) is 8.79. The van der Waals surface area contributed by atoms with E-state index in [1.807, 2.05) is 19.1 Å². The van der Waals surface area contributed by atoms with Crippen LogP contribution in [0.3, 0.4) is 0 Å². The molecule has 0 aliphatic carbocycles. The molecule has 0 atom stereocenters. The van der Waals surface area contributed by atoms with Crippen molar-refractivity contribution in [3.05, 3.63) is 35.7 Å². The molecule has 10 heteroatoms. The number of amides is 1. The van der Waals surface area contributed by atoms with Gasteiger partial charge in [0.25, 0.3) is 5.91 Å². The van der Waals surface area contributed by atoms with Gasteiger partial charge in [-0.25, -0.2) is 9.97 Å². The van der Waals surface area contributed by atoms with E-state index in [2.05, 4.69) is 54.3 Å². The van der Waals surface area contributed by atoms with Crippen LogP contribution in [0.15, 0.2) is 24.3 Å². The number of nitrogens with two attached hydrogens (primary N) is 2. The van der Waals surface area contributed by atoms with Gasteiger partial charge in [0.1, 0.15) is 5.82 Å². The molecule has 0 spiro atoms. The number of rotatable bonds is 6. The highest BCUT2D eigenvalue weighted by atomic mass is 32.1. The third-order valence-electron chi connectivity index (χ3n) is 6.33. The number of anilines is 4.